The van der Waals surface area contributed by atoms with Gasteiger partial charge in [-0.15, -0.1) is 0 Å². The van der Waals surface area contributed by atoms with Gasteiger partial charge in [-0.1, -0.05) is 12.1 Å². The van der Waals surface area contributed by atoms with Crippen molar-refractivity contribution < 1.29 is 9.53 Å². The molecular formula is C21H22N4O2. The standard InChI is InChI=1S/C21H22N4O2/c1-25-11-10-23-20(25)19(15-4-3-5-16(12-15)27-2)24-21(26)18-13-17(18)14-6-8-22-9-7-14/h3-12,17-19H,13H2,1-2H3,(H,24,26)/t17-,18-,19+/m1/s1. The van der Waals surface area contributed by atoms with E-state index in [9.17, 15) is 4.79 Å². The molecule has 4 rings (SSSR count). The maximum atomic E-state index is 12.9. The molecule has 0 spiro atoms. The Hall–Kier alpha value is -3.15. The number of pyridine rings is 1. The first-order valence-electron chi connectivity index (χ1n) is 8.99. The Bertz CT molecular complexity index is 938. The van der Waals surface area contributed by atoms with Crippen LogP contribution in [0.1, 0.15) is 35.3 Å². The molecule has 1 N–H and O–H groups in total. The van der Waals surface area contributed by atoms with E-state index in [1.165, 1.54) is 5.56 Å². The van der Waals surface area contributed by atoms with E-state index >= 15 is 0 Å². The molecule has 0 aliphatic heterocycles. The van der Waals surface area contributed by atoms with Gasteiger partial charge in [-0.2, -0.15) is 0 Å². The molecule has 2 aromatic heterocycles. The second-order valence-electron chi connectivity index (χ2n) is 6.84. The Balaban J connectivity index is 1.57. The molecule has 138 valence electrons. The van der Waals surface area contributed by atoms with Gasteiger partial charge in [0.15, 0.2) is 0 Å². The Labute approximate surface area is 158 Å². The van der Waals surface area contributed by atoms with Crippen molar-refractivity contribution in [2.75, 3.05) is 7.11 Å². The first-order valence-corrected chi connectivity index (χ1v) is 8.99. The molecule has 1 aliphatic carbocycles. The van der Waals surface area contributed by atoms with Crippen molar-refractivity contribution >= 4 is 5.91 Å². The lowest BCUT2D eigenvalue weighted by atomic mass is 10.0. The number of carbonyl (C=O) groups excluding carboxylic acids is 1. The number of carbonyl (C=O) groups is 1. The number of nitrogens with one attached hydrogen (secondary N) is 1. The average molecular weight is 362 g/mol. The number of nitrogens with zero attached hydrogens (tertiary/aromatic N) is 3. The molecule has 2 heterocycles. The third-order valence-corrected chi connectivity index (χ3v) is 5.09. The van der Waals surface area contributed by atoms with Crippen LogP contribution in [0.4, 0.5) is 0 Å². The molecule has 1 saturated carbocycles. The van der Waals surface area contributed by atoms with Crippen molar-refractivity contribution in [2.45, 2.75) is 18.4 Å². The van der Waals surface area contributed by atoms with E-state index < -0.39 is 0 Å². The van der Waals surface area contributed by atoms with Crippen molar-refractivity contribution in [3.63, 3.8) is 0 Å². The molecule has 1 aromatic carbocycles. The molecule has 0 radical (unpaired) electrons. The van der Waals surface area contributed by atoms with Crippen molar-refractivity contribution in [1.82, 2.24) is 19.9 Å². The topological polar surface area (TPSA) is 69.0 Å². The lowest BCUT2D eigenvalue weighted by molar-refractivity contribution is -0.123. The molecule has 6 heteroatoms. The highest BCUT2D eigenvalue weighted by atomic mass is 16.5. The second-order valence-corrected chi connectivity index (χ2v) is 6.84. The van der Waals surface area contributed by atoms with Crippen LogP contribution < -0.4 is 10.1 Å². The number of hydrogen-bond donors (Lipinski definition) is 1. The Kier molecular flexibility index (Phi) is 4.62. The molecule has 1 amide bonds. The smallest absolute Gasteiger partial charge is 0.224 e. The summed E-state index contributed by atoms with van der Waals surface area (Å²) in [4.78, 5) is 21.4. The summed E-state index contributed by atoms with van der Waals surface area (Å²) >= 11 is 0. The second kappa shape index (κ2) is 7.23. The van der Waals surface area contributed by atoms with Gasteiger partial charge >= 0.3 is 0 Å². The van der Waals surface area contributed by atoms with Crippen LogP contribution in [0.25, 0.3) is 0 Å². The first kappa shape index (κ1) is 17.3. The fourth-order valence-corrected chi connectivity index (χ4v) is 3.49. The normalized spacial score (nSPS) is 19.3. The van der Waals surface area contributed by atoms with Crippen LogP contribution in [0, 0.1) is 5.92 Å². The fourth-order valence-electron chi connectivity index (χ4n) is 3.49. The van der Waals surface area contributed by atoms with Gasteiger partial charge in [0, 0.05) is 37.8 Å². The minimum absolute atomic E-state index is 0.0132. The van der Waals surface area contributed by atoms with E-state index in [0.29, 0.717) is 0 Å². The number of aryl methyl sites for hydroxylation is 1. The predicted molar refractivity (Wildman–Crippen MR) is 101 cm³/mol. The Morgan fingerprint density at radius 1 is 1.26 bits per heavy atom. The van der Waals surface area contributed by atoms with E-state index in [2.05, 4.69) is 15.3 Å². The number of imidazole rings is 1. The summed E-state index contributed by atoms with van der Waals surface area (Å²) in [6.07, 6.45) is 8.03. The number of rotatable bonds is 6. The third kappa shape index (κ3) is 3.56. The maximum absolute atomic E-state index is 12.9. The summed E-state index contributed by atoms with van der Waals surface area (Å²) in [6.45, 7) is 0. The lowest BCUT2D eigenvalue weighted by Crippen LogP contribution is -2.32. The molecule has 3 aromatic rings. The molecule has 1 fully saturated rings. The highest BCUT2D eigenvalue weighted by molar-refractivity contribution is 5.83. The van der Waals surface area contributed by atoms with Gasteiger partial charge in [0.2, 0.25) is 5.91 Å². The van der Waals surface area contributed by atoms with Crippen LogP contribution in [-0.2, 0) is 11.8 Å². The molecule has 0 bridgehead atoms. The zero-order valence-electron chi connectivity index (χ0n) is 15.4. The summed E-state index contributed by atoms with van der Waals surface area (Å²) in [6, 6.07) is 11.4. The number of aromatic nitrogens is 3. The number of benzene rings is 1. The highest BCUT2D eigenvalue weighted by Gasteiger charge is 2.44. The van der Waals surface area contributed by atoms with Gasteiger partial charge in [0.25, 0.3) is 0 Å². The van der Waals surface area contributed by atoms with Gasteiger partial charge in [-0.25, -0.2) is 4.98 Å². The third-order valence-electron chi connectivity index (χ3n) is 5.09. The first-order chi connectivity index (χ1) is 13.2. The number of hydrogen-bond acceptors (Lipinski definition) is 4. The van der Waals surface area contributed by atoms with Crippen LogP contribution in [0.15, 0.2) is 61.2 Å². The average Bonchev–Trinajstić information content (AvgIpc) is 3.41. The van der Waals surface area contributed by atoms with Gasteiger partial charge in [-0.3, -0.25) is 9.78 Å². The van der Waals surface area contributed by atoms with E-state index in [0.717, 1.165) is 23.6 Å². The lowest BCUT2D eigenvalue weighted by Gasteiger charge is -2.20. The molecule has 3 atom stereocenters. The van der Waals surface area contributed by atoms with E-state index in [4.69, 9.17) is 4.74 Å². The molecular weight excluding hydrogens is 340 g/mol. The van der Waals surface area contributed by atoms with Crippen LogP contribution >= 0.6 is 0 Å². The van der Waals surface area contributed by atoms with E-state index in [1.54, 1.807) is 25.7 Å². The summed E-state index contributed by atoms with van der Waals surface area (Å²) < 4.78 is 7.27. The fraction of sp³-hybridized carbons (Fsp3) is 0.286. The van der Waals surface area contributed by atoms with Gasteiger partial charge < -0.3 is 14.6 Å². The number of methoxy groups -OCH3 is 1. The van der Waals surface area contributed by atoms with Gasteiger partial charge in [0.1, 0.15) is 17.6 Å². The van der Waals surface area contributed by atoms with Crippen molar-refractivity contribution in [3.05, 3.63) is 78.1 Å². The summed E-state index contributed by atoms with van der Waals surface area (Å²) in [5.41, 5.74) is 2.11. The predicted octanol–water partition coefficient (Wildman–Crippen LogP) is 2.83. The number of ether oxygens (including phenoxy) is 1. The van der Waals surface area contributed by atoms with Gasteiger partial charge in [0.05, 0.1) is 7.11 Å². The van der Waals surface area contributed by atoms with Crippen LogP contribution in [0.3, 0.4) is 0 Å². The SMILES string of the molecule is COc1cccc([C@H](NC(=O)[C@@H]2C[C@@H]2c2ccncc2)c2nccn2C)c1. The Morgan fingerprint density at radius 2 is 2.07 bits per heavy atom. The highest BCUT2D eigenvalue weighted by Crippen LogP contribution is 2.47. The minimum Gasteiger partial charge on any atom is -0.497 e. The molecule has 1 aliphatic rings. The van der Waals surface area contributed by atoms with Crippen LogP contribution in [0.2, 0.25) is 0 Å². The number of amides is 1. The van der Waals surface area contributed by atoms with E-state index in [-0.39, 0.29) is 23.8 Å². The van der Waals surface area contributed by atoms with Crippen molar-refractivity contribution in [3.8, 4) is 5.75 Å². The summed E-state index contributed by atoms with van der Waals surface area (Å²) in [7, 11) is 3.57. The quantitative estimate of drug-likeness (QED) is 0.732. The minimum atomic E-state index is -0.328. The summed E-state index contributed by atoms with van der Waals surface area (Å²) in [5, 5.41) is 3.20. The van der Waals surface area contributed by atoms with Gasteiger partial charge in [-0.05, 0) is 47.7 Å². The van der Waals surface area contributed by atoms with Crippen molar-refractivity contribution in [2.24, 2.45) is 13.0 Å². The zero-order chi connectivity index (χ0) is 18.8. The Morgan fingerprint density at radius 3 is 2.78 bits per heavy atom. The largest absolute Gasteiger partial charge is 0.497 e. The molecule has 6 nitrogen and oxygen atoms in total. The zero-order valence-corrected chi connectivity index (χ0v) is 15.4. The maximum Gasteiger partial charge on any atom is 0.224 e. The molecule has 27 heavy (non-hydrogen) atoms. The van der Waals surface area contributed by atoms with Crippen molar-refractivity contribution in [1.29, 1.82) is 0 Å². The summed E-state index contributed by atoms with van der Waals surface area (Å²) in [5.74, 6) is 1.84. The van der Waals surface area contributed by atoms with E-state index in [1.807, 2.05) is 54.2 Å². The van der Waals surface area contributed by atoms with Crippen LogP contribution in [-0.4, -0.2) is 27.6 Å². The molecule has 0 saturated heterocycles. The molecule has 0 unspecified atom stereocenters. The van der Waals surface area contributed by atoms with Crippen LogP contribution in [0.5, 0.6) is 5.75 Å². The monoisotopic (exact) mass is 362 g/mol.